The van der Waals surface area contributed by atoms with Crippen molar-refractivity contribution in [3.05, 3.63) is 29.8 Å². The van der Waals surface area contributed by atoms with Crippen LogP contribution in [0.5, 0.6) is 0 Å². The van der Waals surface area contributed by atoms with Gasteiger partial charge in [-0.15, -0.1) is 0 Å². The second-order valence-electron chi connectivity index (χ2n) is 4.56. The highest BCUT2D eigenvalue weighted by Crippen LogP contribution is 2.10. The van der Waals surface area contributed by atoms with E-state index in [9.17, 15) is 8.42 Å². The molecule has 1 aromatic carbocycles. The van der Waals surface area contributed by atoms with Crippen LogP contribution in [0.3, 0.4) is 0 Å². The maximum Gasteiger partial charge on any atom is 0.175 e. The van der Waals surface area contributed by atoms with Crippen LogP contribution < -0.4 is 11.1 Å². The summed E-state index contributed by atoms with van der Waals surface area (Å²) in [6.45, 7) is 4.44. The van der Waals surface area contributed by atoms with Crippen LogP contribution in [0.15, 0.2) is 29.2 Å². The molecule has 0 aromatic heterocycles. The number of rotatable bonds is 7. The summed E-state index contributed by atoms with van der Waals surface area (Å²) in [6.07, 6.45) is 2.28. The Morgan fingerprint density at radius 1 is 1.28 bits per heavy atom. The highest BCUT2D eigenvalue weighted by atomic mass is 32.2. The van der Waals surface area contributed by atoms with Crippen LogP contribution in [-0.2, 0) is 16.4 Å². The van der Waals surface area contributed by atoms with Gasteiger partial charge in [-0.3, -0.25) is 0 Å². The van der Waals surface area contributed by atoms with Gasteiger partial charge in [0.1, 0.15) is 0 Å². The number of sulfone groups is 1. The predicted octanol–water partition coefficient (Wildman–Crippen LogP) is 1.16. The Balaban J connectivity index is 2.50. The van der Waals surface area contributed by atoms with Gasteiger partial charge in [-0.05, 0) is 36.7 Å². The van der Waals surface area contributed by atoms with Crippen LogP contribution in [0, 0.1) is 5.92 Å². The zero-order chi connectivity index (χ0) is 13.6. The Bertz CT molecular complexity index is 450. The normalized spacial score (nSPS) is 13.5. The van der Waals surface area contributed by atoms with Gasteiger partial charge in [0.25, 0.3) is 0 Å². The maximum absolute atomic E-state index is 11.3. The fourth-order valence-corrected chi connectivity index (χ4v) is 2.30. The van der Waals surface area contributed by atoms with Crippen molar-refractivity contribution in [2.45, 2.75) is 24.8 Å². The zero-order valence-electron chi connectivity index (χ0n) is 11.0. The van der Waals surface area contributed by atoms with E-state index in [0.29, 0.717) is 17.4 Å². The summed E-state index contributed by atoms with van der Waals surface area (Å²) in [4.78, 5) is 0.361. The average Bonchev–Trinajstić information content (AvgIpc) is 2.34. The molecule has 5 heteroatoms. The third kappa shape index (κ3) is 4.76. The molecule has 0 aliphatic heterocycles. The van der Waals surface area contributed by atoms with E-state index in [1.165, 1.54) is 6.26 Å². The van der Waals surface area contributed by atoms with Crippen molar-refractivity contribution in [1.82, 2.24) is 5.32 Å². The minimum Gasteiger partial charge on any atom is -0.330 e. The third-order valence-corrected chi connectivity index (χ3v) is 4.15. The minimum atomic E-state index is -3.10. The second kappa shape index (κ2) is 6.87. The first-order valence-electron chi connectivity index (χ1n) is 6.17. The molecule has 1 aromatic rings. The molecule has 102 valence electrons. The molecule has 4 nitrogen and oxygen atoms in total. The largest absolute Gasteiger partial charge is 0.330 e. The lowest BCUT2D eigenvalue weighted by Gasteiger charge is -2.13. The SMILES string of the molecule is CCC(CN)CNCc1ccc(S(C)(=O)=O)cc1. The lowest BCUT2D eigenvalue weighted by Crippen LogP contribution is -2.27. The van der Waals surface area contributed by atoms with Gasteiger partial charge in [-0.2, -0.15) is 0 Å². The van der Waals surface area contributed by atoms with E-state index in [-0.39, 0.29) is 0 Å². The molecule has 0 aliphatic carbocycles. The topological polar surface area (TPSA) is 72.2 Å². The summed E-state index contributed by atoms with van der Waals surface area (Å²) in [6, 6.07) is 6.97. The van der Waals surface area contributed by atoms with Gasteiger partial charge >= 0.3 is 0 Å². The first-order chi connectivity index (χ1) is 8.47. The Morgan fingerprint density at radius 3 is 2.33 bits per heavy atom. The molecule has 0 aliphatic rings. The van der Waals surface area contributed by atoms with E-state index in [1.807, 2.05) is 12.1 Å². The fraction of sp³-hybridized carbons (Fsp3) is 0.538. The Kier molecular flexibility index (Phi) is 5.78. The zero-order valence-corrected chi connectivity index (χ0v) is 11.8. The Labute approximate surface area is 110 Å². The molecule has 0 fully saturated rings. The third-order valence-electron chi connectivity index (χ3n) is 3.02. The highest BCUT2D eigenvalue weighted by molar-refractivity contribution is 7.90. The second-order valence-corrected chi connectivity index (χ2v) is 6.57. The van der Waals surface area contributed by atoms with Gasteiger partial charge in [0.15, 0.2) is 9.84 Å². The van der Waals surface area contributed by atoms with Crippen molar-refractivity contribution in [1.29, 1.82) is 0 Å². The molecule has 0 amide bonds. The molecule has 0 spiro atoms. The van der Waals surface area contributed by atoms with Crippen molar-refractivity contribution in [3.63, 3.8) is 0 Å². The maximum atomic E-state index is 11.3. The van der Waals surface area contributed by atoms with Crippen LogP contribution in [0.25, 0.3) is 0 Å². The van der Waals surface area contributed by atoms with E-state index >= 15 is 0 Å². The molecule has 18 heavy (non-hydrogen) atoms. The molecule has 3 N–H and O–H groups in total. The molecule has 1 unspecified atom stereocenters. The Morgan fingerprint density at radius 2 is 1.89 bits per heavy atom. The van der Waals surface area contributed by atoms with E-state index in [2.05, 4.69) is 12.2 Å². The average molecular weight is 270 g/mol. The molecule has 0 heterocycles. The Hall–Kier alpha value is -0.910. The molecular weight excluding hydrogens is 248 g/mol. The van der Waals surface area contributed by atoms with Crippen molar-refractivity contribution in [2.75, 3.05) is 19.3 Å². The first-order valence-corrected chi connectivity index (χ1v) is 8.06. The van der Waals surface area contributed by atoms with Crippen LogP contribution in [0.1, 0.15) is 18.9 Å². The molecule has 0 bridgehead atoms. The monoisotopic (exact) mass is 270 g/mol. The molecular formula is C13H22N2O2S. The van der Waals surface area contributed by atoms with Gasteiger partial charge in [0, 0.05) is 12.8 Å². The van der Waals surface area contributed by atoms with Crippen molar-refractivity contribution < 1.29 is 8.42 Å². The van der Waals surface area contributed by atoms with Crippen molar-refractivity contribution >= 4 is 9.84 Å². The minimum absolute atomic E-state index is 0.361. The van der Waals surface area contributed by atoms with Gasteiger partial charge in [-0.25, -0.2) is 8.42 Å². The van der Waals surface area contributed by atoms with E-state index in [1.54, 1.807) is 12.1 Å². The molecule has 0 saturated carbocycles. The van der Waals surface area contributed by atoms with Crippen LogP contribution in [0.2, 0.25) is 0 Å². The number of hydrogen-bond donors (Lipinski definition) is 2. The van der Waals surface area contributed by atoms with Gasteiger partial charge in [-0.1, -0.05) is 25.5 Å². The van der Waals surface area contributed by atoms with Gasteiger partial charge in [0.05, 0.1) is 4.90 Å². The molecule has 1 rings (SSSR count). The smallest absolute Gasteiger partial charge is 0.175 e. The lowest BCUT2D eigenvalue weighted by atomic mass is 10.1. The first kappa shape index (κ1) is 15.1. The summed E-state index contributed by atoms with van der Waals surface area (Å²) in [7, 11) is -3.10. The van der Waals surface area contributed by atoms with E-state index in [0.717, 1.165) is 25.1 Å². The van der Waals surface area contributed by atoms with E-state index in [4.69, 9.17) is 5.73 Å². The lowest BCUT2D eigenvalue weighted by molar-refractivity contribution is 0.471. The fourth-order valence-electron chi connectivity index (χ4n) is 1.67. The predicted molar refractivity (Wildman–Crippen MR) is 74.1 cm³/mol. The number of nitrogens with one attached hydrogen (secondary N) is 1. The van der Waals surface area contributed by atoms with Crippen LogP contribution in [0.4, 0.5) is 0 Å². The number of nitrogens with two attached hydrogens (primary N) is 1. The van der Waals surface area contributed by atoms with Crippen LogP contribution in [-0.4, -0.2) is 27.8 Å². The molecule has 1 atom stereocenters. The van der Waals surface area contributed by atoms with E-state index < -0.39 is 9.84 Å². The summed E-state index contributed by atoms with van der Waals surface area (Å²) in [5.74, 6) is 0.500. The summed E-state index contributed by atoms with van der Waals surface area (Å²) < 4.78 is 22.6. The summed E-state index contributed by atoms with van der Waals surface area (Å²) in [5, 5.41) is 3.33. The molecule has 0 saturated heterocycles. The standard InChI is InChI=1S/C13H22N2O2S/c1-3-11(8-14)9-15-10-12-4-6-13(7-5-12)18(2,16)17/h4-7,11,15H,3,8-10,14H2,1-2H3. The van der Waals surface area contributed by atoms with Crippen LogP contribution >= 0.6 is 0 Å². The molecule has 0 radical (unpaired) electrons. The van der Waals surface area contributed by atoms with Gasteiger partial charge < -0.3 is 11.1 Å². The van der Waals surface area contributed by atoms with Gasteiger partial charge in [0.2, 0.25) is 0 Å². The summed E-state index contributed by atoms with van der Waals surface area (Å²) >= 11 is 0. The number of hydrogen-bond acceptors (Lipinski definition) is 4. The highest BCUT2D eigenvalue weighted by Gasteiger charge is 2.06. The van der Waals surface area contributed by atoms with Crippen molar-refractivity contribution in [3.8, 4) is 0 Å². The number of benzene rings is 1. The van der Waals surface area contributed by atoms with Crippen molar-refractivity contribution in [2.24, 2.45) is 11.7 Å². The summed E-state index contributed by atoms with van der Waals surface area (Å²) in [5.41, 5.74) is 6.70. The quantitative estimate of drug-likeness (QED) is 0.780.